The second kappa shape index (κ2) is 11.3. The summed E-state index contributed by atoms with van der Waals surface area (Å²) in [5, 5.41) is 3.64. The maximum atomic E-state index is 13.3. The van der Waals surface area contributed by atoms with Crippen LogP contribution < -0.4 is 5.32 Å². The molecule has 1 atom stereocenters. The van der Waals surface area contributed by atoms with Gasteiger partial charge in [-0.05, 0) is 74.8 Å². The number of anilines is 1. The minimum absolute atomic E-state index is 0.167. The number of carbonyl (C=O) groups is 1. The number of nitrogens with zero attached hydrogens (tertiary/aromatic N) is 3. The molecule has 1 saturated heterocycles. The molecule has 32 heavy (non-hydrogen) atoms. The van der Waals surface area contributed by atoms with Crippen LogP contribution >= 0.6 is 12.2 Å². The summed E-state index contributed by atoms with van der Waals surface area (Å²) in [7, 11) is 3.89. The molecule has 2 aromatic carbocycles. The average molecular weight is 463 g/mol. The Balaban J connectivity index is 1.64. The van der Waals surface area contributed by atoms with Gasteiger partial charge in [-0.1, -0.05) is 0 Å². The van der Waals surface area contributed by atoms with Crippen molar-refractivity contribution in [3.63, 3.8) is 0 Å². The molecule has 0 radical (unpaired) electrons. The van der Waals surface area contributed by atoms with Gasteiger partial charge in [0.15, 0.2) is 5.11 Å². The summed E-state index contributed by atoms with van der Waals surface area (Å²) < 4.78 is 32.3. The second-order valence-corrected chi connectivity index (χ2v) is 8.32. The van der Waals surface area contributed by atoms with Crippen LogP contribution in [0.3, 0.4) is 0 Å². The lowest BCUT2D eigenvalue weighted by molar-refractivity contribution is -0.0208. The van der Waals surface area contributed by atoms with E-state index in [2.05, 4.69) is 5.32 Å². The van der Waals surface area contributed by atoms with Crippen LogP contribution in [0, 0.1) is 11.6 Å². The SMILES string of the molecule is CN(C)CCN(CC1CN(C(=S)Nc2ccc(F)cc2)CCO1)C(=O)c1ccc(F)cc1. The Morgan fingerprint density at radius 2 is 1.72 bits per heavy atom. The van der Waals surface area contributed by atoms with E-state index in [1.54, 1.807) is 17.0 Å². The van der Waals surface area contributed by atoms with Crippen molar-refractivity contribution in [1.82, 2.24) is 14.7 Å². The standard InChI is InChI=1S/C23H28F2N4O2S/c1-27(2)11-12-28(22(30)17-3-5-18(24)6-4-17)15-21-16-29(13-14-31-21)23(32)26-20-9-7-19(25)8-10-20/h3-10,21H,11-16H2,1-2H3,(H,26,32). The molecule has 9 heteroatoms. The van der Waals surface area contributed by atoms with Gasteiger partial charge in [0, 0.05) is 44.0 Å². The zero-order valence-corrected chi connectivity index (χ0v) is 19.1. The molecular weight excluding hydrogens is 434 g/mol. The summed E-state index contributed by atoms with van der Waals surface area (Å²) in [6, 6.07) is 11.6. The van der Waals surface area contributed by atoms with E-state index >= 15 is 0 Å². The maximum absolute atomic E-state index is 13.3. The highest BCUT2D eigenvalue weighted by Gasteiger charge is 2.27. The van der Waals surface area contributed by atoms with Crippen molar-refractivity contribution in [3.05, 3.63) is 65.7 Å². The fourth-order valence-electron chi connectivity index (χ4n) is 3.37. The fraction of sp³-hybridized carbons (Fsp3) is 0.391. The van der Waals surface area contributed by atoms with Gasteiger partial charge in [0.05, 0.1) is 12.7 Å². The Morgan fingerprint density at radius 1 is 1.09 bits per heavy atom. The first-order valence-corrected chi connectivity index (χ1v) is 10.9. The molecule has 1 N–H and O–H groups in total. The minimum Gasteiger partial charge on any atom is -0.373 e. The van der Waals surface area contributed by atoms with Crippen LogP contribution in [0.5, 0.6) is 0 Å². The molecule has 0 saturated carbocycles. The third kappa shape index (κ3) is 6.94. The Morgan fingerprint density at radius 3 is 2.34 bits per heavy atom. The highest BCUT2D eigenvalue weighted by atomic mass is 32.1. The highest BCUT2D eigenvalue weighted by molar-refractivity contribution is 7.80. The van der Waals surface area contributed by atoms with Gasteiger partial charge < -0.3 is 24.8 Å². The second-order valence-electron chi connectivity index (χ2n) is 7.94. The quantitative estimate of drug-likeness (QED) is 0.639. The summed E-state index contributed by atoms with van der Waals surface area (Å²) in [4.78, 5) is 18.8. The van der Waals surface area contributed by atoms with Crippen molar-refractivity contribution in [2.75, 3.05) is 58.7 Å². The molecule has 1 unspecified atom stereocenters. The Bertz CT molecular complexity index is 909. The van der Waals surface area contributed by atoms with Gasteiger partial charge in [-0.15, -0.1) is 0 Å². The van der Waals surface area contributed by atoms with Crippen LogP contribution in [-0.2, 0) is 4.74 Å². The first-order chi connectivity index (χ1) is 15.3. The van der Waals surface area contributed by atoms with E-state index in [1.807, 2.05) is 23.9 Å². The molecule has 1 amide bonds. The van der Waals surface area contributed by atoms with Crippen molar-refractivity contribution in [2.24, 2.45) is 0 Å². The molecule has 1 fully saturated rings. The monoisotopic (exact) mass is 462 g/mol. The smallest absolute Gasteiger partial charge is 0.253 e. The molecular formula is C23H28F2N4O2S. The summed E-state index contributed by atoms with van der Waals surface area (Å²) >= 11 is 5.52. The van der Waals surface area contributed by atoms with E-state index in [9.17, 15) is 13.6 Å². The van der Waals surface area contributed by atoms with Crippen molar-refractivity contribution in [3.8, 4) is 0 Å². The van der Waals surface area contributed by atoms with Gasteiger partial charge in [-0.2, -0.15) is 0 Å². The Labute approximate surface area is 192 Å². The largest absolute Gasteiger partial charge is 0.373 e. The Hall–Kier alpha value is -2.62. The van der Waals surface area contributed by atoms with Crippen molar-refractivity contribution < 1.29 is 18.3 Å². The Kier molecular flexibility index (Phi) is 8.49. The number of benzene rings is 2. The summed E-state index contributed by atoms with van der Waals surface area (Å²) in [6.45, 7) is 3.20. The van der Waals surface area contributed by atoms with E-state index in [0.717, 1.165) is 0 Å². The van der Waals surface area contributed by atoms with Crippen LogP contribution in [0.15, 0.2) is 48.5 Å². The van der Waals surface area contributed by atoms with E-state index in [-0.39, 0.29) is 23.6 Å². The van der Waals surface area contributed by atoms with Crippen LogP contribution in [0.2, 0.25) is 0 Å². The third-order valence-corrected chi connectivity index (χ3v) is 5.50. The zero-order chi connectivity index (χ0) is 23.1. The molecule has 1 heterocycles. The molecule has 1 aliphatic heterocycles. The number of nitrogens with one attached hydrogen (secondary N) is 1. The van der Waals surface area contributed by atoms with E-state index < -0.39 is 0 Å². The number of amides is 1. The fourth-order valence-corrected chi connectivity index (χ4v) is 3.65. The lowest BCUT2D eigenvalue weighted by Crippen LogP contribution is -2.52. The van der Waals surface area contributed by atoms with Crippen LogP contribution in [0.4, 0.5) is 14.5 Å². The number of ether oxygens (including phenoxy) is 1. The number of morpholine rings is 1. The summed E-state index contributed by atoms with van der Waals surface area (Å²) in [5.41, 5.74) is 1.14. The number of hydrogen-bond acceptors (Lipinski definition) is 4. The molecule has 1 aliphatic rings. The predicted molar refractivity (Wildman–Crippen MR) is 125 cm³/mol. The first-order valence-electron chi connectivity index (χ1n) is 10.4. The van der Waals surface area contributed by atoms with Crippen LogP contribution in [0.1, 0.15) is 10.4 Å². The van der Waals surface area contributed by atoms with Gasteiger partial charge in [0.2, 0.25) is 0 Å². The molecule has 0 aliphatic carbocycles. The van der Waals surface area contributed by atoms with Gasteiger partial charge in [-0.25, -0.2) is 8.78 Å². The molecule has 172 valence electrons. The number of hydrogen-bond donors (Lipinski definition) is 1. The van der Waals surface area contributed by atoms with Crippen molar-refractivity contribution in [2.45, 2.75) is 6.10 Å². The van der Waals surface area contributed by atoms with Gasteiger partial charge >= 0.3 is 0 Å². The summed E-state index contributed by atoms with van der Waals surface area (Å²) in [6.07, 6.45) is -0.233. The lowest BCUT2D eigenvalue weighted by Gasteiger charge is -2.37. The molecule has 2 aromatic rings. The van der Waals surface area contributed by atoms with Gasteiger partial charge in [0.25, 0.3) is 5.91 Å². The zero-order valence-electron chi connectivity index (χ0n) is 18.3. The maximum Gasteiger partial charge on any atom is 0.253 e. The van der Waals surface area contributed by atoms with Crippen LogP contribution in [0.25, 0.3) is 0 Å². The number of thiocarbonyl (C=S) groups is 1. The number of carbonyl (C=O) groups excluding carboxylic acids is 1. The third-order valence-electron chi connectivity index (χ3n) is 5.14. The number of rotatable bonds is 7. The number of likely N-dealkylation sites (N-methyl/N-ethyl adjacent to an activating group) is 1. The average Bonchev–Trinajstić information content (AvgIpc) is 2.78. The molecule has 0 bridgehead atoms. The van der Waals surface area contributed by atoms with Crippen molar-refractivity contribution >= 4 is 28.9 Å². The normalized spacial score (nSPS) is 16.2. The van der Waals surface area contributed by atoms with E-state index in [4.69, 9.17) is 17.0 Å². The van der Waals surface area contributed by atoms with Crippen molar-refractivity contribution in [1.29, 1.82) is 0 Å². The topological polar surface area (TPSA) is 48.0 Å². The number of halogens is 2. The van der Waals surface area contributed by atoms with E-state index in [1.165, 1.54) is 36.4 Å². The van der Waals surface area contributed by atoms with Crippen LogP contribution in [-0.4, -0.2) is 85.2 Å². The lowest BCUT2D eigenvalue weighted by atomic mass is 10.1. The molecule has 0 aromatic heterocycles. The van der Waals surface area contributed by atoms with E-state index in [0.29, 0.717) is 55.7 Å². The first kappa shape index (κ1) is 24.0. The minimum atomic E-state index is -0.380. The highest BCUT2D eigenvalue weighted by Crippen LogP contribution is 2.14. The summed E-state index contributed by atoms with van der Waals surface area (Å²) in [5.74, 6) is -0.856. The van der Waals surface area contributed by atoms with Gasteiger partial charge in [-0.3, -0.25) is 4.79 Å². The van der Waals surface area contributed by atoms with Gasteiger partial charge in [0.1, 0.15) is 11.6 Å². The molecule has 6 nitrogen and oxygen atoms in total. The molecule has 0 spiro atoms. The predicted octanol–water partition coefficient (Wildman–Crippen LogP) is 3.07. The molecule has 3 rings (SSSR count).